The molecule has 0 saturated carbocycles. The van der Waals surface area contributed by atoms with Crippen LogP contribution < -0.4 is 4.74 Å². The number of ether oxygens (including phenoxy) is 1. The van der Waals surface area contributed by atoms with Crippen molar-refractivity contribution < 1.29 is 9.84 Å². The molecule has 0 spiro atoms. The molecule has 0 fully saturated rings. The smallest absolute Gasteiger partial charge is 0.120 e. The Morgan fingerprint density at radius 3 is 3.11 bits per heavy atom. The van der Waals surface area contributed by atoms with Crippen LogP contribution in [0.25, 0.3) is 0 Å². The van der Waals surface area contributed by atoms with E-state index in [0.717, 1.165) is 29.7 Å². The molecule has 0 bridgehead atoms. The van der Waals surface area contributed by atoms with Crippen molar-refractivity contribution >= 4 is 0 Å². The standard InChI is InChI=1S/C15H15NO2/c17-15-6-3-12-8-13(4-5-14(12)15)18-10-11-2-1-7-16-9-11/h1-2,4-5,7-9,15,17H,3,6,10H2/t15-/m1/s1. The predicted octanol–water partition coefficient (Wildman–Crippen LogP) is 2.64. The topological polar surface area (TPSA) is 42.4 Å². The van der Waals surface area contributed by atoms with Gasteiger partial charge in [0.25, 0.3) is 0 Å². The maximum absolute atomic E-state index is 9.73. The summed E-state index contributed by atoms with van der Waals surface area (Å²) >= 11 is 0. The predicted molar refractivity (Wildman–Crippen MR) is 68.3 cm³/mol. The van der Waals surface area contributed by atoms with Crippen molar-refractivity contribution in [1.29, 1.82) is 0 Å². The van der Waals surface area contributed by atoms with Crippen LogP contribution in [0.2, 0.25) is 0 Å². The van der Waals surface area contributed by atoms with Crippen LogP contribution >= 0.6 is 0 Å². The molecule has 0 aliphatic heterocycles. The van der Waals surface area contributed by atoms with Gasteiger partial charge in [-0.15, -0.1) is 0 Å². The van der Waals surface area contributed by atoms with E-state index in [1.165, 1.54) is 5.56 Å². The van der Waals surface area contributed by atoms with Gasteiger partial charge in [0.15, 0.2) is 0 Å². The Balaban J connectivity index is 1.71. The largest absolute Gasteiger partial charge is 0.489 e. The fourth-order valence-corrected chi connectivity index (χ4v) is 2.31. The third kappa shape index (κ3) is 2.22. The Kier molecular flexibility index (Phi) is 2.99. The van der Waals surface area contributed by atoms with Gasteiger partial charge in [-0.2, -0.15) is 0 Å². The molecule has 1 aromatic heterocycles. The van der Waals surface area contributed by atoms with E-state index in [4.69, 9.17) is 4.74 Å². The second-order valence-corrected chi connectivity index (χ2v) is 4.57. The Morgan fingerprint density at radius 2 is 2.28 bits per heavy atom. The summed E-state index contributed by atoms with van der Waals surface area (Å²) in [4.78, 5) is 4.05. The molecule has 1 aromatic carbocycles. The molecular formula is C15H15NO2. The lowest BCUT2D eigenvalue weighted by Gasteiger charge is -2.08. The van der Waals surface area contributed by atoms with Crippen LogP contribution in [0.5, 0.6) is 5.75 Å². The van der Waals surface area contributed by atoms with Gasteiger partial charge in [0.2, 0.25) is 0 Å². The van der Waals surface area contributed by atoms with Crippen molar-refractivity contribution in [2.75, 3.05) is 0 Å². The quantitative estimate of drug-likeness (QED) is 0.898. The van der Waals surface area contributed by atoms with Crippen molar-refractivity contribution in [2.24, 2.45) is 0 Å². The summed E-state index contributed by atoms with van der Waals surface area (Å²) in [6.07, 6.45) is 5.01. The van der Waals surface area contributed by atoms with Crippen LogP contribution in [-0.2, 0) is 13.0 Å². The van der Waals surface area contributed by atoms with Crippen LogP contribution in [-0.4, -0.2) is 10.1 Å². The molecule has 0 saturated heterocycles. The average molecular weight is 241 g/mol. The van der Waals surface area contributed by atoms with E-state index in [1.807, 2.05) is 30.3 Å². The highest BCUT2D eigenvalue weighted by Crippen LogP contribution is 2.33. The fourth-order valence-electron chi connectivity index (χ4n) is 2.31. The number of hydrogen-bond donors (Lipinski definition) is 1. The van der Waals surface area contributed by atoms with E-state index in [9.17, 15) is 5.11 Å². The molecule has 0 radical (unpaired) electrons. The third-order valence-electron chi connectivity index (χ3n) is 3.29. The number of fused-ring (bicyclic) bond motifs is 1. The highest BCUT2D eigenvalue weighted by molar-refractivity contribution is 5.39. The van der Waals surface area contributed by atoms with E-state index in [0.29, 0.717) is 6.61 Å². The number of benzene rings is 1. The van der Waals surface area contributed by atoms with Gasteiger partial charge in [-0.3, -0.25) is 4.98 Å². The normalized spacial score (nSPS) is 17.5. The Labute approximate surface area is 106 Å². The molecule has 0 amide bonds. The SMILES string of the molecule is O[C@@H]1CCc2cc(OCc3cccnc3)ccc21. The fraction of sp³-hybridized carbons (Fsp3) is 0.267. The lowest BCUT2D eigenvalue weighted by atomic mass is 10.1. The van der Waals surface area contributed by atoms with E-state index >= 15 is 0 Å². The monoisotopic (exact) mass is 241 g/mol. The molecule has 2 aromatic rings. The first-order valence-electron chi connectivity index (χ1n) is 6.15. The molecular weight excluding hydrogens is 226 g/mol. The van der Waals surface area contributed by atoms with Crippen molar-refractivity contribution in [3.63, 3.8) is 0 Å². The number of aryl methyl sites for hydroxylation is 1. The molecule has 3 nitrogen and oxygen atoms in total. The highest BCUT2D eigenvalue weighted by atomic mass is 16.5. The summed E-state index contributed by atoms with van der Waals surface area (Å²) < 4.78 is 5.73. The van der Waals surface area contributed by atoms with Gasteiger partial charge in [0.1, 0.15) is 12.4 Å². The number of nitrogens with zero attached hydrogens (tertiary/aromatic N) is 1. The Bertz CT molecular complexity index is 539. The molecule has 92 valence electrons. The number of aliphatic hydroxyl groups excluding tert-OH is 1. The second kappa shape index (κ2) is 4.78. The molecule has 1 aliphatic carbocycles. The molecule has 1 aliphatic rings. The number of hydrogen-bond acceptors (Lipinski definition) is 3. The maximum Gasteiger partial charge on any atom is 0.120 e. The number of rotatable bonds is 3. The molecule has 1 atom stereocenters. The van der Waals surface area contributed by atoms with Gasteiger partial charge < -0.3 is 9.84 Å². The summed E-state index contributed by atoms with van der Waals surface area (Å²) in [6, 6.07) is 9.80. The van der Waals surface area contributed by atoms with Crippen LogP contribution in [0.4, 0.5) is 0 Å². The lowest BCUT2D eigenvalue weighted by Crippen LogP contribution is -1.97. The van der Waals surface area contributed by atoms with Crippen molar-refractivity contribution in [2.45, 2.75) is 25.6 Å². The van der Waals surface area contributed by atoms with Gasteiger partial charge in [-0.25, -0.2) is 0 Å². The first kappa shape index (κ1) is 11.2. The number of aliphatic hydroxyl groups is 1. The molecule has 3 heteroatoms. The Hall–Kier alpha value is -1.87. The summed E-state index contributed by atoms with van der Waals surface area (Å²) in [6.45, 7) is 0.523. The second-order valence-electron chi connectivity index (χ2n) is 4.57. The van der Waals surface area contributed by atoms with Crippen molar-refractivity contribution in [3.8, 4) is 5.75 Å². The maximum atomic E-state index is 9.73. The van der Waals surface area contributed by atoms with E-state index in [2.05, 4.69) is 4.98 Å². The van der Waals surface area contributed by atoms with E-state index < -0.39 is 0 Å². The van der Waals surface area contributed by atoms with Gasteiger partial charge in [0.05, 0.1) is 6.10 Å². The summed E-state index contributed by atoms with van der Waals surface area (Å²) in [7, 11) is 0. The first-order chi connectivity index (χ1) is 8.83. The van der Waals surface area contributed by atoms with Gasteiger partial charge >= 0.3 is 0 Å². The van der Waals surface area contributed by atoms with Crippen LogP contribution in [0, 0.1) is 0 Å². The molecule has 3 rings (SSSR count). The highest BCUT2D eigenvalue weighted by Gasteiger charge is 2.20. The molecule has 1 heterocycles. The van der Waals surface area contributed by atoms with Crippen molar-refractivity contribution in [1.82, 2.24) is 4.98 Å². The van der Waals surface area contributed by atoms with Gasteiger partial charge in [-0.1, -0.05) is 12.1 Å². The first-order valence-corrected chi connectivity index (χ1v) is 6.15. The zero-order valence-corrected chi connectivity index (χ0v) is 10.0. The minimum atomic E-state index is -0.299. The third-order valence-corrected chi connectivity index (χ3v) is 3.29. The van der Waals surface area contributed by atoms with E-state index in [-0.39, 0.29) is 6.10 Å². The molecule has 1 N–H and O–H groups in total. The summed E-state index contributed by atoms with van der Waals surface area (Å²) in [5, 5.41) is 9.73. The molecule has 0 unspecified atom stereocenters. The Morgan fingerprint density at radius 1 is 1.33 bits per heavy atom. The van der Waals surface area contributed by atoms with Crippen LogP contribution in [0.1, 0.15) is 29.2 Å². The minimum absolute atomic E-state index is 0.299. The minimum Gasteiger partial charge on any atom is -0.489 e. The zero-order valence-electron chi connectivity index (χ0n) is 10.0. The summed E-state index contributed by atoms with van der Waals surface area (Å²) in [5.41, 5.74) is 3.30. The van der Waals surface area contributed by atoms with Gasteiger partial charge in [-0.05, 0) is 42.2 Å². The van der Waals surface area contributed by atoms with E-state index in [1.54, 1.807) is 12.4 Å². The average Bonchev–Trinajstić information content (AvgIpc) is 2.79. The zero-order chi connectivity index (χ0) is 12.4. The van der Waals surface area contributed by atoms with Crippen LogP contribution in [0.15, 0.2) is 42.7 Å². The number of pyridine rings is 1. The number of aromatic nitrogens is 1. The lowest BCUT2D eigenvalue weighted by molar-refractivity contribution is 0.180. The summed E-state index contributed by atoms with van der Waals surface area (Å²) in [5.74, 6) is 0.853. The van der Waals surface area contributed by atoms with Crippen molar-refractivity contribution in [3.05, 3.63) is 59.4 Å². The molecule has 18 heavy (non-hydrogen) atoms. The van der Waals surface area contributed by atoms with Crippen LogP contribution in [0.3, 0.4) is 0 Å². The van der Waals surface area contributed by atoms with Gasteiger partial charge in [0, 0.05) is 18.0 Å².